The second-order valence-electron chi connectivity index (χ2n) is 1.84. The second-order valence-corrected chi connectivity index (χ2v) is 8.11. The first-order valence-electron chi connectivity index (χ1n) is 3.11. The lowest BCUT2D eigenvalue weighted by Crippen LogP contribution is -1.92. The molecule has 0 aliphatic carbocycles. The topological polar surface area (TPSA) is 9.23 Å². The predicted octanol–water partition coefficient (Wildman–Crippen LogP) is 3.20. The molecule has 0 bridgehead atoms. The third kappa shape index (κ3) is 5.94. The molecule has 0 aromatic rings. The van der Waals surface area contributed by atoms with Gasteiger partial charge in [0.1, 0.15) is 0 Å². The number of halogens is 2. The van der Waals surface area contributed by atoms with Crippen LogP contribution in [0.5, 0.6) is 0 Å². The summed E-state index contributed by atoms with van der Waals surface area (Å²) in [7, 11) is 0. The molecule has 1 unspecified atom stereocenters. The SMILES string of the molecule is CCCP(=S)(Cl)OCCCl. The predicted molar refractivity (Wildman–Crippen MR) is 52.0 cm³/mol. The molecule has 10 heavy (non-hydrogen) atoms. The van der Waals surface area contributed by atoms with Gasteiger partial charge in [0.15, 0.2) is 5.62 Å². The summed E-state index contributed by atoms with van der Waals surface area (Å²) in [6.07, 6.45) is 1.77. The fourth-order valence-corrected chi connectivity index (χ4v) is 3.20. The molecule has 0 aliphatic heterocycles. The van der Waals surface area contributed by atoms with Gasteiger partial charge in [-0.1, -0.05) is 30.0 Å². The lowest BCUT2D eigenvalue weighted by molar-refractivity contribution is 0.387. The average molecular weight is 221 g/mol. The average Bonchev–Trinajstić information content (AvgIpc) is 1.84. The quantitative estimate of drug-likeness (QED) is 0.520. The fourth-order valence-electron chi connectivity index (χ4n) is 0.502. The zero-order chi connectivity index (χ0) is 8.04. The molecule has 0 aliphatic rings. The van der Waals surface area contributed by atoms with Crippen LogP contribution in [0.1, 0.15) is 13.3 Å². The van der Waals surface area contributed by atoms with E-state index in [9.17, 15) is 0 Å². The maximum atomic E-state index is 5.86. The van der Waals surface area contributed by atoms with Crippen LogP contribution in [0.2, 0.25) is 0 Å². The summed E-state index contributed by atoms with van der Waals surface area (Å²) in [6, 6.07) is 0. The minimum atomic E-state index is -1.99. The Morgan fingerprint density at radius 1 is 1.60 bits per heavy atom. The van der Waals surface area contributed by atoms with E-state index in [-0.39, 0.29) is 0 Å². The molecular weight excluding hydrogens is 210 g/mol. The summed E-state index contributed by atoms with van der Waals surface area (Å²) in [6.45, 7) is 2.51. The smallest absolute Gasteiger partial charge is 0.151 e. The highest BCUT2D eigenvalue weighted by molar-refractivity contribution is 8.24. The Morgan fingerprint density at radius 3 is 2.60 bits per heavy atom. The molecule has 5 heteroatoms. The highest BCUT2D eigenvalue weighted by Gasteiger charge is 2.10. The van der Waals surface area contributed by atoms with Crippen molar-refractivity contribution in [3.05, 3.63) is 0 Å². The summed E-state index contributed by atoms with van der Waals surface area (Å²) in [5.74, 6) is 0.467. The van der Waals surface area contributed by atoms with Crippen molar-refractivity contribution in [1.82, 2.24) is 0 Å². The van der Waals surface area contributed by atoms with Crippen LogP contribution in [0.25, 0.3) is 0 Å². The van der Waals surface area contributed by atoms with Crippen molar-refractivity contribution < 1.29 is 4.52 Å². The third-order valence-electron chi connectivity index (χ3n) is 0.852. The van der Waals surface area contributed by atoms with E-state index in [4.69, 9.17) is 39.2 Å². The van der Waals surface area contributed by atoms with Gasteiger partial charge in [0.05, 0.1) is 6.61 Å². The van der Waals surface area contributed by atoms with Crippen molar-refractivity contribution in [3.63, 3.8) is 0 Å². The van der Waals surface area contributed by atoms with E-state index in [2.05, 4.69) is 0 Å². The number of alkyl halides is 1. The summed E-state index contributed by atoms with van der Waals surface area (Å²) in [5, 5.41) is 0. The Morgan fingerprint density at radius 2 is 2.20 bits per heavy atom. The zero-order valence-corrected chi connectivity index (χ0v) is 9.07. The number of rotatable bonds is 5. The highest BCUT2D eigenvalue weighted by atomic mass is 35.7. The first-order valence-corrected chi connectivity index (χ1v) is 7.46. The van der Waals surface area contributed by atoms with Gasteiger partial charge in [-0.3, -0.25) is 0 Å². The largest absolute Gasteiger partial charge is 0.337 e. The molecule has 0 aromatic heterocycles. The maximum Gasteiger partial charge on any atom is 0.151 e. The molecule has 0 saturated heterocycles. The second kappa shape index (κ2) is 5.79. The highest BCUT2D eigenvalue weighted by Crippen LogP contribution is 2.52. The van der Waals surface area contributed by atoms with Crippen LogP contribution in [0, 0.1) is 0 Å². The molecule has 0 saturated carbocycles. The van der Waals surface area contributed by atoms with Gasteiger partial charge in [-0.25, -0.2) is 0 Å². The van der Waals surface area contributed by atoms with Gasteiger partial charge in [0, 0.05) is 12.0 Å². The van der Waals surface area contributed by atoms with E-state index in [1.54, 1.807) is 0 Å². The Bertz CT molecular complexity index is 131. The molecule has 0 aromatic carbocycles. The van der Waals surface area contributed by atoms with E-state index in [1.807, 2.05) is 6.92 Å². The minimum absolute atomic E-state index is 0.467. The van der Waals surface area contributed by atoms with Crippen molar-refractivity contribution >= 4 is 40.3 Å². The van der Waals surface area contributed by atoms with Gasteiger partial charge in [-0.2, -0.15) is 0 Å². The van der Waals surface area contributed by atoms with Crippen molar-refractivity contribution in [2.24, 2.45) is 0 Å². The van der Waals surface area contributed by atoms with Crippen LogP contribution >= 0.6 is 28.5 Å². The van der Waals surface area contributed by atoms with E-state index in [1.165, 1.54) is 0 Å². The molecule has 62 valence electrons. The first-order chi connectivity index (χ1) is 4.62. The monoisotopic (exact) mass is 220 g/mol. The molecule has 1 atom stereocenters. The van der Waals surface area contributed by atoms with Crippen molar-refractivity contribution in [2.75, 3.05) is 18.6 Å². The molecule has 1 nitrogen and oxygen atoms in total. The van der Waals surface area contributed by atoms with Crippen LogP contribution in [-0.2, 0) is 16.3 Å². The van der Waals surface area contributed by atoms with E-state index >= 15 is 0 Å². The molecule has 0 radical (unpaired) electrons. The fraction of sp³-hybridized carbons (Fsp3) is 1.00. The third-order valence-corrected chi connectivity index (χ3v) is 4.22. The first kappa shape index (κ1) is 11.2. The van der Waals surface area contributed by atoms with Crippen molar-refractivity contribution in [1.29, 1.82) is 0 Å². The van der Waals surface area contributed by atoms with Crippen LogP contribution < -0.4 is 0 Å². The van der Waals surface area contributed by atoms with Gasteiger partial charge < -0.3 is 4.52 Å². The Balaban J connectivity index is 3.53. The van der Waals surface area contributed by atoms with Gasteiger partial charge in [-0.05, 0) is 6.42 Å². The maximum absolute atomic E-state index is 5.86. The summed E-state index contributed by atoms with van der Waals surface area (Å²) >= 11 is 16.3. The lowest BCUT2D eigenvalue weighted by Gasteiger charge is -2.12. The normalized spacial score (nSPS) is 16.7. The van der Waals surface area contributed by atoms with Crippen molar-refractivity contribution in [2.45, 2.75) is 13.3 Å². The van der Waals surface area contributed by atoms with Crippen LogP contribution in [0.3, 0.4) is 0 Å². The molecule has 0 rings (SSSR count). The molecule has 0 N–H and O–H groups in total. The van der Waals surface area contributed by atoms with Crippen LogP contribution in [0.4, 0.5) is 0 Å². The van der Waals surface area contributed by atoms with Gasteiger partial charge in [-0.15, -0.1) is 11.6 Å². The molecule has 0 spiro atoms. The van der Waals surface area contributed by atoms with E-state index in [0.29, 0.717) is 12.5 Å². The van der Waals surface area contributed by atoms with Gasteiger partial charge in [0.2, 0.25) is 0 Å². The summed E-state index contributed by atoms with van der Waals surface area (Å²) in [4.78, 5) is 0. The van der Waals surface area contributed by atoms with Crippen LogP contribution in [0.15, 0.2) is 0 Å². The summed E-state index contributed by atoms with van der Waals surface area (Å²) in [5.41, 5.74) is -1.99. The van der Waals surface area contributed by atoms with Gasteiger partial charge in [0.25, 0.3) is 0 Å². The van der Waals surface area contributed by atoms with Crippen LogP contribution in [-0.4, -0.2) is 18.6 Å². The minimum Gasteiger partial charge on any atom is -0.337 e. The zero-order valence-electron chi connectivity index (χ0n) is 5.85. The molecule has 0 fully saturated rings. The standard InChI is InChI=1S/C5H11Cl2OPS/c1-2-5-9(7,10)8-4-3-6/h2-5H2,1H3. The Labute approximate surface area is 76.9 Å². The Kier molecular flexibility index (Phi) is 6.48. The molecule has 0 amide bonds. The lowest BCUT2D eigenvalue weighted by atomic mass is 10.6. The van der Waals surface area contributed by atoms with Gasteiger partial charge >= 0.3 is 0 Å². The summed E-state index contributed by atoms with van der Waals surface area (Å²) < 4.78 is 5.18. The van der Waals surface area contributed by atoms with E-state index in [0.717, 1.165) is 12.6 Å². The molecular formula is C5H11Cl2OPS. The Hall–Kier alpha value is 1.19. The number of hydrogen-bond acceptors (Lipinski definition) is 2. The number of hydrogen-bond donors (Lipinski definition) is 0. The van der Waals surface area contributed by atoms with Crippen molar-refractivity contribution in [3.8, 4) is 0 Å². The van der Waals surface area contributed by atoms with E-state index < -0.39 is 5.62 Å². The molecule has 0 heterocycles.